The molecule has 3 rings (SSSR count). The molecule has 0 saturated heterocycles. The fourth-order valence-electron chi connectivity index (χ4n) is 4.37. The van der Waals surface area contributed by atoms with E-state index < -0.39 is 12.1 Å². The monoisotopic (exact) mass is 451 g/mol. The molecule has 178 valence electrons. The molecule has 0 spiro atoms. The molecule has 5 nitrogen and oxygen atoms in total. The number of amides is 1. The largest absolute Gasteiger partial charge is 0.488 e. The van der Waals surface area contributed by atoms with Crippen LogP contribution in [0, 0.1) is 11.8 Å². The second-order valence-electron chi connectivity index (χ2n) is 10.3. The Bertz CT molecular complexity index is 902. The number of nitrogens with one attached hydrogen (secondary N) is 1. The van der Waals surface area contributed by atoms with Gasteiger partial charge in [-0.1, -0.05) is 55.8 Å². The van der Waals surface area contributed by atoms with Gasteiger partial charge in [0.1, 0.15) is 18.0 Å². The van der Waals surface area contributed by atoms with Gasteiger partial charge in [-0.3, -0.25) is 4.79 Å². The Morgan fingerprint density at radius 3 is 2.30 bits per heavy atom. The second kappa shape index (κ2) is 11.4. The van der Waals surface area contributed by atoms with Crippen LogP contribution in [0.25, 0.3) is 0 Å². The number of Topliss-reactive ketones (excluding diaryl/α,β-unsaturated/α-hetero) is 1. The van der Waals surface area contributed by atoms with Crippen molar-refractivity contribution in [1.82, 2.24) is 5.32 Å². The van der Waals surface area contributed by atoms with Crippen molar-refractivity contribution >= 4 is 11.9 Å². The lowest BCUT2D eigenvalue weighted by Gasteiger charge is -2.22. The number of alkyl carbamates (subject to hydrolysis) is 1. The second-order valence-corrected chi connectivity index (χ2v) is 10.3. The van der Waals surface area contributed by atoms with Crippen LogP contribution in [0.3, 0.4) is 0 Å². The summed E-state index contributed by atoms with van der Waals surface area (Å²) in [6.45, 7) is 8.42. The zero-order chi connectivity index (χ0) is 23.8. The van der Waals surface area contributed by atoms with Gasteiger partial charge in [0.2, 0.25) is 0 Å². The van der Waals surface area contributed by atoms with Crippen LogP contribution in [-0.2, 0) is 22.6 Å². The number of hydrogen-bond acceptors (Lipinski definition) is 4. The predicted molar refractivity (Wildman–Crippen MR) is 130 cm³/mol. The molecule has 1 aliphatic carbocycles. The topological polar surface area (TPSA) is 64.6 Å². The minimum absolute atomic E-state index is 0.0702. The third kappa shape index (κ3) is 8.56. The molecule has 1 fully saturated rings. The molecule has 0 aromatic heterocycles. The first kappa shape index (κ1) is 24.8. The van der Waals surface area contributed by atoms with Gasteiger partial charge in [-0.25, -0.2) is 4.79 Å². The fraction of sp³-hybridized carbons (Fsp3) is 0.500. The van der Waals surface area contributed by atoms with Crippen LogP contribution in [-0.4, -0.2) is 23.5 Å². The number of carbonyl (C=O) groups is 2. The summed E-state index contributed by atoms with van der Waals surface area (Å²) in [6.07, 6.45) is 3.69. The molecule has 2 unspecified atom stereocenters. The minimum Gasteiger partial charge on any atom is -0.488 e. The van der Waals surface area contributed by atoms with Gasteiger partial charge in [-0.05, 0) is 75.1 Å². The molecule has 0 bridgehead atoms. The zero-order valence-electron chi connectivity index (χ0n) is 20.3. The van der Waals surface area contributed by atoms with Crippen LogP contribution in [0.15, 0.2) is 54.6 Å². The lowest BCUT2D eigenvalue weighted by atomic mass is 9.93. The van der Waals surface area contributed by atoms with E-state index in [0.29, 0.717) is 24.7 Å². The Kier molecular flexibility index (Phi) is 8.54. The summed E-state index contributed by atoms with van der Waals surface area (Å²) < 4.78 is 11.3. The lowest BCUT2D eigenvalue weighted by Crippen LogP contribution is -2.43. The number of rotatable bonds is 9. The molecular formula is C28H37NO4. The van der Waals surface area contributed by atoms with Gasteiger partial charge in [0.05, 0.1) is 6.04 Å². The maximum absolute atomic E-state index is 13.2. The van der Waals surface area contributed by atoms with Crippen molar-refractivity contribution in [2.75, 3.05) is 0 Å². The average molecular weight is 452 g/mol. The first-order valence-corrected chi connectivity index (χ1v) is 12.0. The van der Waals surface area contributed by atoms with Crippen molar-refractivity contribution in [3.63, 3.8) is 0 Å². The summed E-state index contributed by atoms with van der Waals surface area (Å²) in [6, 6.07) is 16.6. The quantitative estimate of drug-likeness (QED) is 0.500. The normalized spacial score (nSPS) is 19.0. The third-order valence-electron chi connectivity index (χ3n) is 5.97. The molecular weight excluding hydrogens is 414 g/mol. The van der Waals surface area contributed by atoms with Crippen molar-refractivity contribution in [1.29, 1.82) is 0 Å². The van der Waals surface area contributed by atoms with Gasteiger partial charge in [0.25, 0.3) is 0 Å². The maximum atomic E-state index is 13.2. The molecule has 1 N–H and O–H groups in total. The highest BCUT2D eigenvalue weighted by atomic mass is 16.5. The number of benzene rings is 2. The van der Waals surface area contributed by atoms with Crippen molar-refractivity contribution in [2.45, 2.75) is 78.0 Å². The highest BCUT2D eigenvalue weighted by Gasteiger charge is 2.28. The Balaban J connectivity index is 1.64. The molecule has 1 aliphatic rings. The van der Waals surface area contributed by atoms with Crippen molar-refractivity contribution < 1.29 is 19.1 Å². The molecule has 5 heteroatoms. The Labute approximate surface area is 197 Å². The number of carbonyl (C=O) groups excluding carboxylic acids is 2. The molecule has 0 aliphatic heterocycles. The molecule has 0 radical (unpaired) electrons. The molecule has 1 amide bonds. The zero-order valence-corrected chi connectivity index (χ0v) is 20.3. The summed E-state index contributed by atoms with van der Waals surface area (Å²) in [7, 11) is 0. The van der Waals surface area contributed by atoms with Crippen LogP contribution in [0.5, 0.6) is 5.75 Å². The van der Waals surface area contributed by atoms with E-state index in [2.05, 4.69) is 12.2 Å². The molecule has 33 heavy (non-hydrogen) atoms. The third-order valence-corrected chi connectivity index (χ3v) is 5.97. The molecule has 1 saturated carbocycles. The first-order valence-electron chi connectivity index (χ1n) is 12.0. The van der Waals surface area contributed by atoms with E-state index in [9.17, 15) is 9.59 Å². The smallest absolute Gasteiger partial charge is 0.408 e. The Morgan fingerprint density at radius 1 is 1.00 bits per heavy atom. The van der Waals surface area contributed by atoms with Gasteiger partial charge >= 0.3 is 6.09 Å². The first-order chi connectivity index (χ1) is 15.7. The van der Waals surface area contributed by atoms with Crippen LogP contribution in [0.2, 0.25) is 0 Å². The van der Waals surface area contributed by atoms with Crippen molar-refractivity contribution in [3.8, 4) is 5.75 Å². The Morgan fingerprint density at radius 2 is 1.70 bits per heavy atom. The highest BCUT2D eigenvalue weighted by molar-refractivity contribution is 5.87. The molecule has 2 aromatic rings. The van der Waals surface area contributed by atoms with Gasteiger partial charge in [-0.2, -0.15) is 0 Å². The van der Waals surface area contributed by atoms with E-state index >= 15 is 0 Å². The molecule has 0 heterocycles. The summed E-state index contributed by atoms with van der Waals surface area (Å²) in [4.78, 5) is 25.7. The van der Waals surface area contributed by atoms with E-state index in [1.807, 2.05) is 75.4 Å². The molecule has 2 aromatic carbocycles. The SMILES string of the molecule is CC1CCC(CC(=O)[C@H](Cc2ccc(OC(C)(C)C)cc2)NC(=O)OCc2ccccc2)C1. The van der Waals surface area contributed by atoms with Gasteiger partial charge in [-0.15, -0.1) is 0 Å². The van der Waals surface area contributed by atoms with E-state index in [4.69, 9.17) is 9.47 Å². The van der Waals surface area contributed by atoms with Crippen LogP contribution < -0.4 is 10.1 Å². The van der Waals surface area contributed by atoms with Gasteiger partial charge in [0, 0.05) is 6.42 Å². The standard InChI is InChI=1S/C28H37NO4/c1-20-10-11-23(16-20)18-26(30)25(29-27(31)32-19-22-8-6-5-7-9-22)17-21-12-14-24(15-13-21)33-28(2,3)4/h5-9,12-15,20,23,25H,10-11,16-19H2,1-4H3,(H,29,31)/t20?,23?,25-/m0/s1. The van der Waals surface area contributed by atoms with Crippen LogP contribution in [0.4, 0.5) is 4.79 Å². The van der Waals surface area contributed by atoms with Crippen molar-refractivity contribution in [3.05, 3.63) is 65.7 Å². The van der Waals surface area contributed by atoms with E-state index in [0.717, 1.165) is 29.7 Å². The van der Waals surface area contributed by atoms with E-state index in [-0.39, 0.29) is 18.0 Å². The lowest BCUT2D eigenvalue weighted by molar-refractivity contribution is -0.121. The van der Waals surface area contributed by atoms with Crippen molar-refractivity contribution in [2.24, 2.45) is 11.8 Å². The van der Waals surface area contributed by atoms with Crippen LogP contribution in [0.1, 0.15) is 64.5 Å². The summed E-state index contributed by atoms with van der Waals surface area (Å²) in [5, 5.41) is 2.83. The summed E-state index contributed by atoms with van der Waals surface area (Å²) in [5.74, 6) is 1.92. The Hall–Kier alpha value is -2.82. The maximum Gasteiger partial charge on any atom is 0.408 e. The number of ether oxygens (including phenoxy) is 2. The number of hydrogen-bond donors (Lipinski definition) is 1. The van der Waals surface area contributed by atoms with Gasteiger partial charge < -0.3 is 14.8 Å². The van der Waals surface area contributed by atoms with Gasteiger partial charge in [0.15, 0.2) is 5.78 Å². The predicted octanol–water partition coefficient (Wildman–Crippen LogP) is 6.10. The van der Waals surface area contributed by atoms with E-state index in [1.165, 1.54) is 6.42 Å². The number of ketones is 1. The minimum atomic E-state index is -0.612. The molecule has 3 atom stereocenters. The summed E-state index contributed by atoms with van der Waals surface area (Å²) in [5.41, 5.74) is 1.60. The summed E-state index contributed by atoms with van der Waals surface area (Å²) >= 11 is 0. The average Bonchev–Trinajstić information content (AvgIpc) is 3.17. The van der Waals surface area contributed by atoms with E-state index in [1.54, 1.807) is 0 Å². The highest BCUT2D eigenvalue weighted by Crippen LogP contribution is 2.33. The van der Waals surface area contributed by atoms with Crippen LogP contribution >= 0.6 is 0 Å². The fourth-order valence-corrected chi connectivity index (χ4v) is 4.37.